The van der Waals surface area contributed by atoms with Crippen LogP contribution in [0.5, 0.6) is 0 Å². The number of rotatable bonds is 14. The molecule has 0 saturated carbocycles. The standard InChI is InChI=1S/C34H70BrIO6Si3/c1-22(2)25(37)20-26(23(3)24(4)40-43(14,15)32(5,6)7)38-31-28(36)30(42-45(18,19)34(11,12)13)29(27(21-35)39-31)41-44(16,17)33(8,9)10/h22-24,26-31H,20-21H2,1-19H3/t23-,24-,26-,27-,28-,29-,30-,31-/m1/s1. The average Bonchev–Trinajstić information content (AvgIpc) is 2.83. The Morgan fingerprint density at radius 1 is 0.778 bits per heavy atom. The van der Waals surface area contributed by atoms with Gasteiger partial charge in [-0.05, 0) is 61.3 Å². The van der Waals surface area contributed by atoms with Crippen molar-refractivity contribution in [3.63, 3.8) is 0 Å². The number of carbonyl (C=O) groups excluding carboxylic acids is 1. The highest BCUT2D eigenvalue weighted by atomic mass is 127. The van der Waals surface area contributed by atoms with E-state index in [1.807, 2.05) is 13.8 Å². The molecule has 268 valence electrons. The summed E-state index contributed by atoms with van der Waals surface area (Å²) in [6, 6.07) is 0. The zero-order valence-corrected chi connectivity index (χ0v) is 39.1. The van der Waals surface area contributed by atoms with Crippen molar-refractivity contribution in [3.05, 3.63) is 0 Å². The zero-order valence-electron chi connectivity index (χ0n) is 32.3. The lowest BCUT2D eigenvalue weighted by atomic mass is 9.92. The Morgan fingerprint density at radius 2 is 1.20 bits per heavy atom. The largest absolute Gasteiger partial charge is 0.414 e. The van der Waals surface area contributed by atoms with E-state index in [4.69, 9.17) is 22.8 Å². The Kier molecular flexibility index (Phi) is 15.9. The highest BCUT2D eigenvalue weighted by Gasteiger charge is 2.54. The van der Waals surface area contributed by atoms with Crippen LogP contribution in [0.4, 0.5) is 0 Å². The van der Waals surface area contributed by atoms with E-state index in [9.17, 15) is 4.79 Å². The SMILES string of the molecule is CC(C)C(=O)C[C@@H](O[C@@H]1O[C@H](CBr)[C@@H](O[Si](C)(C)C(C)(C)C)[C@H](O[Si](C)(C)C(C)(C)C)[C@H]1I)[C@H](C)[C@@H](C)O[Si](C)(C)C(C)(C)C. The summed E-state index contributed by atoms with van der Waals surface area (Å²) in [7, 11) is -6.40. The molecular formula is C34H70BrIO6Si3. The molecule has 1 aliphatic heterocycles. The Hall–Kier alpha value is 1.33. The molecule has 0 aromatic rings. The molecule has 8 atom stereocenters. The first-order chi connectivity index (χ1) is 19.9. The van der Waals surface area contributed by atoms with Crippen molar-refractivity contribution in [2.45, 2.75) is 192 Å². The fraction of sp³-hybridized carbons (Fsp3) is 0.971. The van der Waals surface area contributed by atoms with Crippen molar-refractivity contribution in [2.24, 2.45) is 11.8 Å². The molecule has 0 spiro atoms. The monoisotopic (exact) mass is 864 g/mol. The molecule has 0 aliphatic carbocycles. The maximum Gasteiger partial charge on any atom is 0.192 e. The predicted octanol–water partition coefficient (Wildman–Crippen LogP) is 10.7. The van der Waals surface area contributed by atoms with Gasteiger partial charge in [0.05, 0.1) is 28.3 Å². The maximum atomic E-state index is 13.2. The van der Waals surface area contributed by atoms with Crippen LogP contribution in [0.15, 0.2) is 0 Å². The minimum atomic E-state index is -2.20. The molecule has 1 heterocycles. The van der Waals surface area contributed by atoms with Crippen LogP contribution in [-0.2, 0) is 27.5 Å². The number of hydrogen-bond donors (Lipinski definition) is 0. The summed E-state index contributed by atoms with van der Waals surface area (Å²) in [5.41, 5.74) is 0. The van der Waals surface area contributed by atoms with E-state index in [1.165, 1.54) is 0 Å². The van der Waals surface area contributed by atoms with Crippen molar-refractivity contribution >= 4 is 69.3 Å². The number of alkyl halides is 2. The predicted molar refractivity (Wildman–Crippen MR) is 211 cm³/mol. The summed E-state index contributed by atoms with van der Waals surface area (Å²) in [4.78, 5) is 13.2. The Bertz CT molecular complexity index is 957. The van der Waals surface area contributed by atoms with Gasteiger partial charge in [0.1, 0.15) is 5.78 Å². The van der Waals surface area contributed by atoms with E-state index in [-0.39, 0.29) is 67.2 Å². The third-order valence-electron chi connectivity index (χ3n) is 11.2. The van der Waals surface area contributed by atoms with Gasteiger partial charge in [-0.2, -0.15) is 0 Å². The van der Waals surface area contributed by atoms with Gasteiger partial charge in [-0.3, -0.25) is 4.79 Å². The van der Waals surface area contributed by atoms with Crippen LogP contribution in [-0.4, -0.2) is 76.8 Å². The molecular weight excluding hydrogens is 795 g/mol. The van der Waals surface area contributed by atoms with Crippen LogP contribution in [0, 0.1) is 11.8 Å². The average molecular weight is 866 g/mol. The first kappa shape index (κ1) is 44.4. The van der Waals surface area contributed by atoms with Crippen LogP contribution in [0.1, 0.15) is 96.4 Å². The lowest BCUT2D eigenvalue weighted by Crippen LogP contribution is -2.64. The first-order valence-corrected chi connectivity index (χ1v) is 28.1. The van der Waals surface area contributed by atoms with Crippen molar-refractivity contribution in [1.29, 1.82) is 0 Å². The second-order valence-electron chi connectivity index (χ2n) is 18.3. The van der Waals surface area contributed by atoms with Crippen LogP contribution >= 0.6 is 38.5 Å². The van der Waals surface area contributed by atoms with Crippen molar-refractivity contribution in [3.8, 4) is 0 Å². The van der Waals surface area contributed by atoms with Crippen LogP contribution in [0.2, 0.25) is 54.4 Å². The minimum absolute atomic E-state index is 0.0163. The van der Waals surface area contributed by atoms with Gasteiger partial charge >= 0.3 is 0 Å². The molecule has 1 fully saturated rings. The van der Waals surface area contributed by atoms with Crippen LogP contribution in [0.25, 0.3) is 0 Å². The molecule has 1 saturated heterocycles. The quantitative estimate of drug-likeness (QED) is 0.0985. The third kappa shape index (κ3) is 11.7. The van der Waals surface area contributed by atoms with E-state index in [0.717, 1.165) is 0 Å². The molecule has 45 heavy (non-hydrogen) atoms. The third-order valence-corrected chi connectivity index (χ3v) is 26.6. The van der Waals surface area contributed by atoms with Crippen molar-refractivity contribution in [2.75, 3.05) is 5.33 Å². The molecule has 11 heteroatoms. The van der Waals surface area contributed by atoms with E-state index in [1.54, 1.807) is 0 Å². The van der Waals surface area contributed by atoms with Crippen molar-refractivity contribution < 1.29 is 27.5 Å². The summed E-state index contributed by atoms with van der Waals surface area (Å²) in [6.07, 6.45) is -1.39. The molecule has 0 amide bonds. The van der Waals surface area contributed by atoms with Gasteiger partial charge in [-0.15, -0.1) is 0 Å². The number of hydrogen-bond acceptors (Lipinski definition) is 6. The summed E-state index contributed by atoms with van der Waals surface area (Å²) < 4.78 is 34.9. The van der Waals surface area contributed by atoms with Gasteiger partial charge in [0.25, 0.3) is 0 Å². The van der Waals surface area contributed by atoms with Gasteiger partial charge in [0.2, 0.25) is 0 Å². The van der Waals surface area contributed by atoms with Crippen LogP contribution in [0.3, 0.4) is 0 Å². The van der Waals surface area contributed by atoms with Crippen LogP contribution < -0.4 is 0 Å². The summed E-state index contributed by atoms with van der Waals surface area (Å²) in [5.74, 6) is 0.102. The normalized spacial score (nSPS) is 26.6. The van der Waals surface area contributed by atoms with Gasteiger partial charge in [0, 0.05) is 29.7 Å². The number of carbonyl (C=O) groups is 1. The molecule has 0 N–H and O–H groups in total. The van der Waals surface area contributed by atoms with E-state index >= 15 is 0 Å². The fourth-order valence-electron chi connectivity index (χ4n) is 4.43. The minimum Gasteiger partial charge on any atom is -0.414 e. The highest BCUT2D eigenvalue weighted by Crippen LogP contribution is 2.45. The lowest BCUT2D eigenvalue weighted by molar-refractivity contribution is -0.254. The molecule has 0 bridgehead atoms. The second kappa shape index (κ2) is 16.1. The fourth-order valence-corrected chi connectivity index (χ4v) is 10.3. The smallest absolute Gasteiger partial charge is 0.192 e. The Balaban J connectivity index is 3.59. The molecule has 0 unspecified atom stereocenters. The van der Waals surface area contributed by atoms with Crippen molar-refractivity contribution in [1.82, 2.24) is 0 Å². The number of ether oxygens (including phenoxy) is 2. The Labute approximate surface area is 303 Å². The topological polar surface area (TPSA) is 63.2 Å². The number of halogens is 2. The molecule has 6 nitrogen and oxygen atoms in total. The van der Waals surface area contributed by atoms with Gasteiger partial charge in [-0.1, -0.05) is 122 Å². The lowest BCUT2D eigenvalue weighted by Gasteiger charge is -2.52. The molecule has 0 aromatic carbocycles. The maximum absolute atomic E-state index is 13.2. The number of ketones is 1. The van der Waals surface area contributed by atoms with E-state index < -0.39 is 31.2 Å². The molecule has 1 rings (SSSR count). The molecule has 0 aromatic heterocycles. The Morgan fingerprint density at radius 3 is 1.58 bits per heavy atom. The summed E-state index contributed by atoms with van der Waals surface area (Å²) >= 11 is 6.25. The first-order valence-electron chi connectivity index (χ1n) is 17.0. The van der Waals surface area contributed by atoms with Gasteiger partial charge < -0.3 is 22.8 Å². The molecule has 0 radical (unpaired) electrons. The number of Topliss-reactive ketones (excluding diaryl/α,β-unsaturated/α-hetero) is 1. The summed E-state index contributed by atoms with van der Waals surface area (Å²) in [6.45, 7) is 42.4. The van der Waals surface area contributed by atoms with E-state index in [0.29, 0.717) is 11.8 Å². The molecule has 1 aliphatic rings. The zero-order chi connectivity index (χ0) is 35.7. The van der Waals surface area contributed by atoms with E-state index in [2.05, 4.69) is 154 Å². The summed E-state index contributed by atoms with van der Waals surface area (Å²) in [5, 5.41) is 0.753. The van der Waals surface area contributed by atoms with Gasteiger partial charge in [-0.25, -0.2) is 0 Å². The second-order valence-corrected chi connectivity index (χ2v) is 34.6. The van der Waals surface area contributed by atoms with Gasteiger partial charge in [0.15, 0.2) is 31.2 Å². The highest BCUT2D eigenvalue weighted by molar-refractivity contribution is 14.1.